The van der Waals surface area contributed by atoms with E-state index < -0.39 is 0 Å². The van der Waals surface area contributed by atoms with E-state index >= 15 is 0 Å². The largest absolute Gasteiger partial charge is 0.413 e. The molecule has 0 spiro atoms. The van der Waals surface area contributed by atoms with Crippen molar-refractivity contribution in [1.82, 2.24) is 0 Å². The third-order valence-corrected chi connectivity index (χ3v) is 3.00. The SMILES string of the molecule is O=C1C=C2CO[Si]CC2C1. The van der Waals surface area contributed by atoms with Crippen LogP contribution in [0.25, 0.3) is 0 Å². The maximum Gasteiger partial charge on any atom is 0.230 e. The van der Waals surface area contributed by atoms with Crippen molar-refractivity contribution in [2.75, 3.05) is 6.61 Å². The van der Waals surface area contributed by atoms with Gasteiger partial charge < -0.3 is 4.43 Å². The molecular formula is C7H8O2Si. The second kappa shape index (κ2) is 2.32. The summed E-state index contributed by atoms with van der Waals surface area (Å²) >= 11 is 0. The number of hydrogen-bond acceptors (Lipinski definition) is 2. The van der Waals surface area contributed by atoms with Crippen LogP contribution in [-0.4, -0.2) is 22.2 Å². The lowest BCUT2D eigenvalue weighted by molar-refractivity contribution is -0.114. The molecule has 1 aliphatic heterocycles. The Bertz CT molecular complexity index is 198. The molecule has 0 aromatic heterocycles. The highest BCUT2D eigenvalue weighted by Gasteiger charge is 2.27. The van der Waals surface area contributed by atoms with Crippen molar-refractivity contribution < 1.29 is 9.22 Å². The minimum Gasteiger partial charge on any atom is -0.413 e. The summed E-state index contributed by atoms with van der Waals surface area (Å²) < 4.78 is 5.24. The number of ketones is 1. The summed E-state index contributed by atoms with van der Waals surface area (Å²) in [6, 6.07) is 1.07. The first-order valence-corrected chi connectivity index (χ1v) is 4.56. The molecule has 3 heteroatoms. The number of rotatable bonds is 0. The van der Waals surface area contributed by atoms with Crippen LogP contribution in [0.1, 0.15) is 6.42 Å². The zero-order valence-electron chi connectivity index (χ0n) is 5.59. The smallest absolute Gasteiger partial charge is 0.230 e. The summed E-state index contributed by atoms with van der Waals surface area (Å²) in [7, 11) is 0.611. The quantitative estimate of drug-likeness (QED) is 0.474. The molecule has 0 saturated carbocycles. The summed E-state index contributed by atoms with van der Waals surface area (Å²) in [4.78, 5) is 10.9. The van der Waals surface area contributed by atoms with Gasteiger partial charge in [-0.1, -0.05) is 0 Å². The molecule has 52 valence electrons. The summed E-state index contributed by atoms with van der Waals surface area (Å²) in [5, 5.41) is 0. The topological polar surface area (TPSA) is 26.3 Å². The number of allylic oxidation sites excluding steroid dienone is 1. The van der Waals surface area contributed by atoms with E-state index in [4.69, 9.17) is 4.43 Å². The highest BCUT2D eigenvalue weighted by atomic mass is 28.2. The molecule has 1 saturated heterocycles. The second-order valence-electron chi connectivity index (χ2n) is 2.72. The normalized spacial score (nSPS) is 31.8. The van der Waals surface area contributed by atoms with Crippen LogP contribution >= 0.6 is 0 Å². The van der Waals surface area contributed by atoms with Crippen LogP contribution in [0, 0.1) is 5.92 Å². The Kier molecular flexibility index (Phi) is 1.47. The first kappa shape index (κ1) is 6.31. The van der Waals surface area contributed by atoms with Crippen LogP contribution in [0.5, 0.6) is 0 Å². The van der Waals surface area contributed by atoms with E-state index in [2.05, 4.69) is 0 Å². The van der Waals surface area contributed by atoms with Crippen LogP contribution in [0.2, 0.25) is 6.04 Å². The summed E-state index contributed by atoms with van der Waals surface area (Å²) in [5.41, 5.74) is 1.23. The van der Waals surface area contributed by atoms with Crippen molar-refractivity contribution in [3.8, 4) is 0 Å². The Balaban J connectivity index is 2.17. The standard InChI is InChI=1S/C7H8O2Si/c8-7-1-5-3-9-10-4-6(5)2-7/h1,6H,2-4H2. The van der Waals surface area contributed by atoms with Crippen molar-refractivity contribution in [2.24, 2.45) is 5.92 Å². The van der Waals surface area contributed by atoms with E-state index in [0.29, 0.717) is 22.3 Å². The minimum absolute atomic E-state index is 0.287. The molecule has 0 bridgehead atoms. The van der Waals surface area contributed by atoms with Gasteiger partial charge in [-0.25, -0.2) is 0 Å². The van der Waals surface area contributed by atoms with E-state index in [9.17, 15) is 4.79 Å². The molecule has 0 N–H and O–H groups in total. The fourth-order valence-electron chi connectivity index (χ4n) is 1.41. The van der Waals surface area contributed by atoms with E-state index in [-0.39, 0.29) is 5.78 Å². The lowest BCUT2D eigenvalue weighted by Crippen LogP contribution is -2.17. The average molecular weight is 152 g/mol. The van der Waals surface area contributed by atoms with Crippen molar-refractivity contribution >= 4 is 15.5 Å². The van der Waals surface area contributed by atoms with Crippen LogP contribution in [0.4, 0.5) is 0 Å². The zero-order chi connectivity index (χ0) is 6.97. The summed E-state index contributed by atoms with van der Waals surface area (Å²) in [6.45, 7) is 0.703. The Labute approximate surface area is 62.2 Å². The van der Waals surface area contributed by atoms with Gasteiger partial charge in [0.25, 0.3) is 0 Å². The van der Waals surface area contributed by atoms with Gasteiger partial charge >= 0.3 is 0 Å². The maximum absolute atomic E-state index is 10.9. The summed E-state index contributed by atoms with van der Waals surface area (Å²) in [6.07, 6.45) is 2.50. The predicted molar refractivity (Wildman–Crippen MR) is 37.7 cm³/mol. The zero-order valence-corrected chi connectivity index (χ0v) is 6.59. The molecule has 2 radical (unpaired) electrons. The Hall–Kier alpha value is -0.413. The lowest BCUT2D eigenvalue weighted by Gasteiger charge is -2.18. The first-order chi connectivity index (χ1) is 4.86. The molecule has 1 aliphatic carbocycles. The van der Waals surface area contributed by atoms with Gasteiger partial charge in [-0.2, -0.15) is 0 Å². The van der Waals surface area contributed by atoms with E-state index in [1.165, 1.54) is 5.57 Å². The highest BCUT2D eigenvalue weighted by molar-refractivity contribution is 6.28. The summed E-state index contributed by atoms with van der Waals surface area (Å²) in [5.74, 6) is 0.829. The first-order valence-electron chi connectivity index (χ1n) is 3.44. The molecule has 10 heavy (non-hydrogen) atoms. The fourth-order valence-corrected chi connectivity index (χ4v) is 2.41. The van der Waals surface area contributed by atoms with E-state index in [0.717, 1.165) is 12.5 Å². The van der Waals surface area contributed by atoms with Gasteiger partial charge in [0.15, 0.2) is 5.78 Å². The van der Waals surface area contributed by atoms with Crippen LogP contribution in [0.3, 0.4) is 0 Å². The van der Waals surface area contributed by atoms with Gasteiger partial charge in [-0.05, 0) is 23.6 Å². The molecule has 1 fully saturated rings. The van der Waals surface area contributed by atoms with Gasteiger partial charge in [0.05, 0.1) is 6.61 Å². The molecule has 0 aromatic rings. The van der Waals surface area contributed by atoms with Gasteiger partial charge in [-0.15, -0.1) is 0 Å². The maximum atomic E-state index is 10.9. The minimum atomic E-state index is 0.287. The van der Waals surface area contributed by atoms with Gasteiger partial charge in [-0.3, -0.25) is 4.79 Å². The molecule has 1 atom stereocenters. The van der Waals surface area contributed by atoms with Crippen molar-refractivity contribution in [3.63, 3.8) is 0 Å². The molecule has 2 rings (SSSR count). The number of carbonyl (C=O) groups is 1. The van der Waals surface area contributed by atoms with Gasteiger partial charge in [0.1, 0.15) is 0 Å². The highest BCUT2D eigenvalue weighted by Crippen LogP contribution is 2.29. The third-order valence-electron chi connectivity index (χ3n) is 1.99. The van der Waals surface area contributed by atoms with Gasteiger partial charge in [0.2, 0.25) is 9.76 Å². The van der Waals surface area contributed by atoms with Gasteiger partial charge in [0, 0.05) is 6.42 Å². The van der Waals surface area contributed by atoms with Crippen LogP contribution in [-0.2, 0) is 9.22 Å². The fraction of sp³-hybridized carbons (Fsp3) is 0.571. The number of carbonyl (C=O) groups excluding carboxylic acids is 1. The molecule has 0 amide bonds. The molecule has 2 aliphatic rings. The Morgan fingerprint density at radius 3 is 3.40 bits per heavy atom. The molecule has 0 aromatic carbocycles. The number of hydrogen-bond donors (Lipinski definition) is 0. The van der Waals surface area contributed by atoms with E-state index in [1.54, 1.807) is 6.08 Å². The Morgan fingerprint density at radius 1 is 1.70 bits per heavy atom. The van der Waals surface area contributed by atoms with Crippen molar-refractivity contribution in [3.05, 3.63) is 11.6 Å². The molecular weight excluding hydrogens is 144 g/mol. The monoisotopic (exact) mass is 152 g/mol. The third kappa shape index (κ3) is 0.953. The number of fused-ring (bicyclic) bond motifs is 1. The molecule has 1 heterocycles. The van der Waals surface area contributed by atoms with Crippen LogP contribution < -0.4 is 0 Å². The molecule has 1 unspecified atom stereocenters. The second-order valence-corrected chi connectivity index (χ2v) is 3.71. The molecule has 2 nitrogen and oxygen atoms in total. The Morgan fingerprint density at radius 2 is 2.60 bits per heavy atom. The predicted octanol–water partition coefficient (Wildman–Crippen LogP) is 0.569. The van der Waals surface area contributed by atoms with E-state index in [1.807, 2.05) is 0 Å². The lowest BCUT2D eigenvalue weighted by atomic mass is 10.1. The average Bonchev–Trinajstić information content (AvgIpc) is 2.27. The van der Waals surface area contributed by atoms with Crippen LogP contribution in [0.15, 0.2) is 11.6 Å². The van der Waals surface area contributed by atoms with Crippen molar-refractivity contribution in [1.29, 1.82) is 0 Å². The van der Waals surface area contributed by atoms with Crippen molar-refractivity contribution in [2.45, 2.75) is 12.5 Å².